The molecule has 0 spiro atoms. The van der Waals surface area contributed by atoms with Gasteiger partial charge in [0.1, 0.15) is 0 Å². The molecule has 1 unspecified atom stereocenters. The van der Waals surface area contributed by atoms with Crippen LogP contribution in [0.5, 0.6) is 0 Å². The molecule has 0 aliphatic heterocycles. The fraction of sp³-hybridized carbons (Fsp3) is 0.167. The summed E-state index contributed by atoms with van der Waals surface area (Å²) in [4.78, 5) is 10.6. The highest BCUT2D eigenvalue weighted by Crippen LogP contribution is 2.30. The second kappa shape index (κ2) is 6.58. The summed E-state index contributed by atoms with van der Waals surface area (Å²) in [6, 6.07) is 18.1. The molecule has 2 heteroatoms. The summed E-state index contributed by atoms with van der Waals surface area (Å²) in [6.45, 7) is 2.02. The summed E-state index contributed by atoms with van der Waals surface area (Å²) in [5, 5.41) is 8.72. The molecule has 0 aliphatic carbocycles. The third-order valence-corrected chi connectivity index (χ3v) is 3.18. The van der Waals surface area contributed by atoms with Crippen molar-refractivity contribution in [3.8, 4) is 23.0 Å². The highest BCUT2D eigenvalue weighted by molar-refractivity contribution is 5.86. The van der Waals surface area contributed by atoms with Crippen molar-refractivity contribution in [1.82, 2.24) is 0 Å². The zero-order valence-corrected chi connectivity index (χ0v) is 11.3. The van der Waals surface area contributed by atoms with E-state index in [2.05, 4.69) is 30.0 Å². The molecule has 0 bridgehead atoms. The van der Waals surface area contributed by atoms with Gasteiger partial charge in [0.2, 0.25) is 0 Å². The Balaban J connectivity index is 2.47. The van der Waals surface area contributed by atoms with Gasteiger partial charge in [0.25, 0.3) is 0 Å². The van der Waals surface area contributed by atoms with Gasteiger partial charge >= 0.3 is 5.97 Å². The number of carboxylic acids is 1. The van der Waals surface area contributed by atoms with Gasteiger partial charge in [-0.2, -0.15) is 0 Å². The first kappa shape index (κ1) is 13.9. The summed E-state index contributed by atoms with van der Waals surface area (Å²) >= 11 is 0. The van der Waals surface area contributed by atoms with Crippen LogP contribution in [-0.2, 0) is 4.79 Å². The minimum absolute atomic E-state index is 0.0671. The average Bonchev–Trinajstić information content (AvgIpc) is 2.49. The SMILES string of the molecule is CCC(C#CC(=O)O)c1ccccc1-c1ccccc1. The lowest BCUT2D eigenvalue weighted by atomic mass is 9.89. The predicted molar refractivity (Wildman–Crippen MR) is 80.3 cm³/mol. The van der Waals surface area contributed by atoms with E-state index in [4.69, 9.17) is 5.11 Å². The van der Waals surface area contributed by atoms with E-state index >= 15 is 0 Å². The Kier molecular flexibility index (Phi) is 4.57. The molecular weight excluding hydrogens is 248 g/mol. The third kappa shape index (κ3) is 3.27. The third-order valence-electron chi connectivity index (χ3n) is 3.18. The molecule has 2 rings (SSSR count). The van der Waals surface area contributed by atoms with Gasteiger partial charge in [-0.15, -0.1) is 0 Å². The largest absolute Gasteiger partial charge is 0.472 e. The smallest absolute Gasteiger partial charge is 0.381 e. The number of benzene rings is 2. The summed E-state index contributed by atoms with van der Waals surface area (Å²) in [7, 11) is 0. The molecular formula is C18H16O2. The maximum absolute atomic E-state index is 10.6. The van der Waals surface area contributed by atoms with Gasteiger partial charge in [-0.3, -0.25) is 0 Å². The number of carboxylic acid groups (broad SMARTS) is 1. The summed E-state index contributed by atoms with van der Waals surface area (Å²) < 4.78 is 0. The highest BCUT2D eigenvalue weighted by Gasteiger charge is 2.12. The van der Waals surface area contributed by atoms with Crippen LogP contribution in [-0.4, -0.2) is 11.1 Å². The zero-order valence-electron chi connectivity index (χ0n) is 11.3. The first-order valence-corrected chi connectivity index (χ1v) is 6.61. The van der Waals surface area contributed by atoms with Crippen molar-refractivity contribution in [2.75, 3.05) is 0 Å². The van der Waals surface area contributed by atoms with Gasteiger partial charge in [0, 0.05) is 11.8 Å². The molecule has 0 fully saturated rings. The normalized spacial score (nSPS) is 11.2. The fourth-order valence-corrected chi connectivity index (χ4v) is 2.23. The quantitative estimate of drug-likeness (QED) is 0.853. The van der Waals surface area contributed by atoms with Crippen molar-refractivity contribution in [2.45, 2.75) is 19.3 Å². The van der Waals surface area contributed by atoms with E-state index in [-0.39, 0.29) is 5.92 Å². The second-order valence-corrected chi connectivity index (χ2v) is 4.49. The molecule has 2 nitrogen and oxygen atoms in total. The molecule has 2 aromatic rings. The Hall–Kier alpha value is -2.53. The Bertz CT molecular complexity index is 648. The van der Waals surface area contributed by atoms with Crippen LogP contribution >= 0.6 is 0 Å². The lowest BCUT2D eigenvalue weighted by Crippen LogP contribution is -1.99. The maximum atomic E-state index is 10.6. The minimum Gasteiger partial charge on any atom is -0.472 e. The Morgan fingerprint density at radius 3 is 2.40 bits per heavy atom. The minimum atomic E-state index is -1.08. The van der Waals surface area contributed by atoms with Gasteiger partial charge in [-0.1, -0.05) is 67.4 Å². The lowest BCUT2D eigenvalue weighted by molar-refractivity contribution is -0.130. The zero-order chi connectivity index (χ0) is 14.4. The van der Waals surface area contributed by atoms with Crippen molar-refractivity contribution in [3.05, 3.63) is 60.2 Å². The molecule has 1 atom stereocenters. The maximum Gasteiger partial charge on any atom is 0.381 e. The van der Waals surface area contributed by atoms with E-state index in [1.807, 2.05) is 43.3 Å². The number of aliphatic carboxylic acids is 1. The van der Waals surface area contributed by atoms with Crippen LogP contribution in [0.15, 0.2) is 54.6 Å². The lowest BCUT2D eigenvalue weighted by Gasteiger charge is -2.14. The standard InChI is InChI=1S/C18H16O2/c1-2-14(12-13-18(19)20)16-10-6-7-11-17(16)15-8-4-3-5-9-15/h3-11,14H,2H2,1H3,(H,19,20). The van der Waals surface area contributed by atoms with Crippen LogP contribution < -0.4 is 0 Å². The molecule has 100 valence electrons. The monoisotopic (exact) mass is 264 g/mol. The van der Waals surface area contributed by atoms with Gasteiger partial charge in [0.15, 0.2) is 0 Å². The highest BCUT2D eigenvalue weighted by atomic mass is 16.4. The van der Waals surface area contributed by atoms with Crippen molar-refractivity contribution in [2.24, 2.45) is 0 Å². The summed E-state index contributed by atoms with van der Waals surface area (Å²) in [5.41, 5.74) is 3.31. The van der Waals surface area contributed by atoms with Crippen LogP contribution in [0.2, 0.25) is 0 Å². The van der Waals surface area contributed by atoms with Gasteiger partial charge in [-0.05, 0) is 23.1 Å². The van der Waals surface area contributed by atoms with Gasteiger partial charge in [-0.25, -0.2) is 4.79 Å². The number of rotatable bonds is 3. The topological polar surface area (TPSA) is 37.3 Å². The van der Waals surface area contributed by atoms with Crippen LogP contribution in [0.1, 0.15) is 24.8 Å². The average molecular weight is 264 g/mol. The van der Waals surface area contributed by atoms with Crippen molar-refractivity contribution >= 4 is 5.97 Å². The number of carbonyl (C=O) groups is 1. The Morgan fingerprint density at radius 1 is 1.10 bits per heavy atom. The van der Waals surface area contributed by atoms with Gasteiger partial charge < -0.3 is 5.11 Å². The molecule has 20 heavy (non-hydrogen) atoms. The molecule has 0 saturated heterocycles. The number of hydrogen-bond donors (Lipinski definition) is 1. The van der Waals surface area contributed by atoms with E-state index in [1.54, 1.807) is 0 Å². The molecule has 1 N–H and O–H groups in total. The summed E-state index contributed by atoms with van der Waals surface area (Å²) in [6.07, 6.45) is 0.782. The molecule has 0 saturated carbocycles. The van der Waals surface area contributed by atoms with Gasteiger partial charge in [0.05, 0.1) is 0 Å². The van der Waals surface area contributed by atoms with Crippen molar-refractivity contribution < 1.29 is 9.90 Å². The second-order valence-electron chi connectivity index (χ2n) is 4.49. The van der Waals surface area contributed by atoms with E-state index in [9.17, 15) is 4.79 Å². The fourth-order valence-electron chi connectivity index (χ4n) is 2.23. The number of hydrogen-bond acceptors (Lipinski definition) is 1. The van der Waals surface area contributed by atoms with Crippen LogP contribution in [0.25, 0.3) is 11.1 Å². The molecule has 0 amide bonds. The van der Waals surface area contributed by atoms with Crippen LogP contribution in [0.3, 0.4) is 0 Å². The van der Waals surface area contributed by atoms with E-state index in [1.165, 1.54) is 0 Å². The molecule has 0 aliphatic rings. The van der Waals surface area contributed by atoms with Crippen molar-refractivity contribution in [1.29, 1.82) is 0 Å². The van der Waals surface area contributed by atoms with Crippen molar-refractivity contribution in [3.63, 3.8) is 0 Å². The predicted octanol–water partition coefficient (Wildman–Crippen LogP) is 3.94. The first-order chi connectivity index (χ1) is 9.72. The van der Waals surface area contributed by atoms with E-state index in [0.717, 1.165) is 23.1 Å². The summed E-state index contributed by atoms with van der Waals surface area (Å²) in [5.74, 6) is 3.94. The molecule has 0 radical (unpaired) electrons. The Labute approximate surface area is 119 Å². The van der Waals surface area contributed by atoms with E-state index in [0.29, 0.717) is 0 Å². The molecule has 0 heterocycles. The van der Waals surface area contributed by atoms with E-state index < -0.39 is 5.97 Å². The van der Waals surface area contributed by atoms with Crippen LogP contribution in [0.4, 0.5) is 0 Å². The Morgan fingerprint density at radius 2 is 1.75 bits per heavy atom. The molecule has 2 aromatic carbocycles. The van der Waals surface area contributed by atoms with Crippen LogP contribution in [0, 0.1) is 11.8 Å². The first-order valence-electron chi connectivity index (χ1n) is 6.61. The molecule has 0 aromatic heterocycles.